The van der Waals surface area contributed by atoms with E-state index in [1.54, 1.807) is 0 Å². The van der Waals surface area contributed by atoms with Crippen molar-refractivity contribution in [3.05, 3.63) is 11.3 Å². The smallest absolute Gasteiger partial charge is 0.131 e. The molecule has 1 aromatic heterocycles. The van der Waals surface area contributed by atoms with E-state index in [9.17, 15) is 0 Å². The van der Waals surface area contributed by atoms with Crippen molar-refractivity contribution >= 4 is 5.82 Å². The van der Waals surface area contributed by atoms with E-state index in [2.05, 4.69) is 49.9 Å². The molecule has 0 atom stereocenters. The third kappa shape index (κ3) is 3.25. The van der Waals surface area contributed by atoms with Gasteiger partial charge in [-0.3, -0.25) is 4.68 Å². The maximum Gasteiger partial charge on any atom is 0.131 e. The zero-order valence-electron chi connectivity index (χ0n) is 12.7. The van der Waals surface area contributed by atoms with Crippen LogP contribution in [0.4, 0.5) is 5.82 Å². The Hall–Kier alpha value is -1.03. The van der Waals surface area contributed by atoms with E-state index in [0.717, 1.165) is 31.7 Å². The molecule has 0 amide bonds. The van der Waals surface area contributed by atoms with Crippen molar-refractivity contribution in [2.24, 2.45) is 7.05 Å². The molecule has 0 saturated carbocycles. The second-order valence-electron chi connectivity index (χ2n) is 5.07. The van der Waals surface area contributed by atoms with Gasteiger partial charge in [0.1, 0.15) is 5.82 Å². The molecule has 0 aliphatic carbocycles. The molecule has 0 aliphatic heterocycles. The van der Waals surface area contributed by atoms with Crippen LogP contribution in [0.15, 0.2) is 0 Å². The molecule has 1 rings (SSSR count). The van der Waals surface area contributed by atoms with Crippen LogP contribution in [0.3, 0.4) is 0 Å². The Morgan fingerprint density at radius 1 is 1.33 bits per heavy atom. The Kier molecular flexibility index (Phi) is 5.66. The SMILES string of the molecule is CCCNCc1c(C)nn(C)c1N(CC)C(C)C. The molecule has 0 radical (unpaired) electrons. The summed E-state index contributed by atoms with van der Waals surface area (Å²) in [6, 6.07) is 0.495. The molecule has 0 fully saturated rings. The van der Waals surface area contributed by atoms with Gasteiger partial charge in [-0.2, -0.15) is 5.10 Å². The first kappa shape index (κ1) is 15.0. The zero-order chi connectivity index (χ0) is 13.7. The van der Waals surface area contributed by atoms with Gasteiger partial charge in [-0.1, -0.05) is 6.92 Å². The largest absolute Gasteiger partial charge is 0.354 e. The highest BCUT2D eigenvalue weighted by atomic mass is 15.4. The predicted molar refractivity (Wildman–Crippen MR) is 78.1 cm³/mol. The fourth-order valence-electron chi connectivity index (χ4n) is 2.41. The van der Waals surface area contributed by atoms with E-state index in [-0.39, 0.29) is 0 Å². The van der Waals surface area contributed by atoms with Crippen LogP contribution >= 0.6 is 0 Å². The summed E-state index contributed by atoms with van der Waals surface area (Å²) in [5.74, 6) is 1.26. The molecule has 0 aliphatic rings. The maximum absolute atomic E-state index is 4.58. The van der Waals surface area contributed by atoms with Crippen LogP contribution in [0.25, 0.3) is 0 Å². The number of hydrogen-bond acceptors (Lipinski definition) is 3. The molecule has 18 heavy (non-hydrogen) atoms. The zero-order valence-corrected chi connectivity index (χ0v) is 12.7. The van der Waals surface area contributed by atoms with Crippen LogP contribution < -0.4 is 10.2 Å². The van der Waals surface area contributed by atoms with Gasteiger partial charge in [-0.05, 0) is 40.7 Å². The van der Waals surface area contributed by atoms with Gasteiger partial charge in [0, 0.05) is 31.7 Å². The lowest BCUT2D eigenvalue weighted by Gasteiger charge is -2.28. The van der Waals surface area contributed by atoms with E-state index in [4.69, 9.17) is 0 Å². The highest BCUT2D eigenvalue weighted by Crippen LogP contribution is 2.24. The van der Waals surface area contributed by atoms with Crippen LogP contribution in [0.1, 0.15) is 45.4 Å². The highest BCUT2D eigenvalue weighted by molar-refractivity contribution is 5.50. The van der Waals surface area contributed by atoms with Crippen LogP contribution in [0.2, 0.25) is 0 Å². The van der Waals surface area contributed by atoms with Crippen molar-refractivity contribution in [3.63, 3.8) is 0 Å². The molecule has 1 heterocycles. The van der Waals surface area contributed by atoms with E-state index < -0.39 is 0 Å². The van der Waals surface area contributed by atoms with Gasteiger partial charge in [0.25, 0.3) is 0 Å². The molecule has 4 heteroatoms. The van der Waals surface area contributed by atoms with Crippen molar-refractivity contribution in [2.45, 2.75) is 53.6 Å². The van der Waals surface area contributed by atoms with Gasteiger partial charge >= 0.3 is 0 Å². The van der Waals surface area contributed by atoms with Gasteiger partial charge in [0.2, 0.25) is 0 Å². The Bertz CT molecular complexity index is 368. The van der Waals surface area contributed by atoms with Gasteiger partial charge in [-0.25, -0.2) is 0 Å². The lowest BCUT2D eigenvalue weighted by molar-refractivity contribution is 0.636. The van der Waals surface area contributed by atoms with Crippen LogP contribution in [-0.2, 0) is 13.6 Å². The number of nitrogens with zero attached hydrogens (tertiary/aromatic N) is 3. The van der Waals surface area contributed by atoms with E-state index in [0.29, 0.717) is 6.04 Å². The summed E-state index contributed by atoms with van der Waals surface area (Å²) in [6.45, 7) is 13.9. The highest BCUT2D eigenvalue weighted by Gasteiger charge is 2.19. The van der Waals surface area contributed by atoms with E-state index in [1.165, 1.54) is 11.4 Å². The predicted octanol–water partition coefficient (Wildman–Crippen LogP) is 2.46. The molecule has 0 unspecified atom stereocenters. The molecule has 0 spiro atoms. The summed E-state index contributed by atoms with van der Waals surface area (Å²) in [7, 11) is 2.04. The number of aryl methyl sites for hydroxylation is 2. The van der Waals surface area contributed by atoms with Crippen LogP contribution in [0, 0.1) is 6.92 Å². The lowest BCUT2D eigenvalue weighted by Crippen LogP contribution is -2.33. The van der Waals surface area contributed by atoms with Gasteiger partial charge in [0.05, 0.1) is 5.69 Å². The van der Waals surface area contributed by atoms with E-state index >= 15 is 0 Å². The first-order valence-corrected chi connectivity index (χ1v) is 7.02. The lowest BCUT2D eigenvalue weighted by atomic mass is 10.2. The minimum atomic E-state index is 0.495. The molecule has 1 N–H and O–H groups in total. The minimum absolute atomic E-state index is 0.495. The monoisotopic (exact) mass is 252 g/mol. The Balaban J connectivity index is 3.00. The Morgan fingerprint density at radius 3 is 2.50 bits per heavy atom. The normalized spacial score (nSPS) is 11.3. The molecular weight excluding hydrogens is 224 g/mol. The van der Waals surface area contributed by atoms with Gasteiger partial charge < -0.3 is 10.2 Å². The second-order valence-corrected chi connectivity index (χ2v) is 5.07. The van der Waals surface area contributed by atoms with Crippen molar-refractivity contribution < 1.29 is 0 Å². The average Bonchev–Trinajstić information content (AvgIpc) is 2.57. The molecule has 1 aromatic rings. The second kappa shape index (κ2) is 6.78. The first-order valence-electron chi connectivity index (χ1n) is 7.02. The van der Waals surface area contributed by atoms with Crippen molar-refractivity contribution in [1.82, 2.24) is 15.1 Å². The van der Waals surface area contributed by atoms with Crippen molar-refractivity contribution in [3.8, 4) is 0 Å². The standard InChI is InChI=1S/C14H28N4/c1-7-9-15-10-13-12(5)16-17(6)14(13)18(8-2)11(3)4/h11,15H,7-10H2,1-6H3. The fourth-order valence-corrected chi connectivity index (χ4v) is 2.41. The molecular formula is C14H28N4. The maximum atomic E-state index is 4.58. The third-order valence-corrected chi connectivity index (χ3v) is 3.28. The molecule has 0 saturated heterocycles. The average molecular weight is 252 g/mol. The van der Waals surface area contributed by atoms with Crippen LogP contribution in [-0.4, -0.2) is 28.9 Å². The number of hydrogen-bond donors (Lipinski definition) is 1. The minimum Gasteiger partial charge on any atom is -0.354 e. The summed E-state index contributed by atoms with van der Waals surface area (Å²) >= 11 is 0. The summed E-state index contributed by atoms with van der Waals surface area (Å²) in [5, 5.41) is 8.06. The molecule has 4 nitrogen and oxygen atoms in total. The Morgan fingerprint density at radius 2 is 2.00 bits per heavy atom. The molecule has 0 aromatic carbocycles. The van der Waals surface area contributed by atoms with Gasteiger partial charge in [-0.15, -0.1) is 0 Å². The molecule has 0 bridgehead atoms. The summed E-state index contributed by atoms with van der Waals surface area (Å²) < 4.78 is 2.02. The summed E-state index contributed by atoms with van der Waals surface area (Å²) in [6.07, 6.45) is 1.16. The molecule has 104 valence electrons. The van der Waals surface area contributed by atoms with Crippen LogP contribution in [0.5, 0.6) is 0 Å². The summed E-state index contributed by atoms with van der Waals surface area (Å²) in [4.78, 5) is 2.41. The first-order chi connectivity index (χ1) is 8.52. The van der Waals surface area contributed by atoms with E-state index in [1.807, 2.05) is 11.7 Å². The van der Waals surface area contributed by atoms with Gasteiger partial charge in [0.15, 0.2) is 0 Å². The topological polar surface area (TPSA) is 33.1 Å². The fraction of sp³-hybridized carbons (Fsp3) is 0.786. The summed E-state index contributed by atoms with van der Waals surface area (Å²) in [5.41, 5.74) is 2.47. The van der Waals surface area contributed by atoms with Crippen molar-refractivity contribution in [2.75, 3.05) is 18.0 Å². The Labute approximate surface area is 111 Å². The third-order valence-electron chi connectivity index (χ3n) is 3.28. The number of rotatable bonds is 7. The number of anilines is 1. The quantitative estimate of drug-likeness (QED) is 0.757. The number of aromatic nitrogens is 2. The number of nitrogens with one attached hydrogen (secondary N) is 1. The van der Waals surface area contributed by atoms with Crippen molar-refractivity contribution in [1.29, 1.82) is 0 Å².